The number of fused-ring (bicyclic) bond motifs is 1. The molecule has 2 N–H and O–H groups in total. The number of carbonyl (C=O) groups is 1. The van der Waals surface area contributed by atoms with E-state index in [9.17, 15) is 13.2 Å². The predicted octanol–water partition coefficient (Wildman–Crippen LogP) is 1.47. The molecule has 1 aliphatic rings. The summed E-state index contributed by atoms with van der Waals surface area (Å²) in [5.41, 5.74) is 3.20. The van der Waals surface area contributed by atoms with Gasteiger partial charge in [-0.15, -0.1) is 0 Å². The van der Waals surface area contributed by atoms with E-state index in [1.807, 2.05) is 7.05 Å². The Morgan fingerprint density at radius 3 is 2.68 bits per heavy atom. The second kappa shape index (κ2) is 8.43. The second-order valence-electron chi connectivity index (χ2n) is 7.53. The number of nitrogens with one attached hydrogen (secondary N) is 2. The minimum Gasteiger partial charge on any atom is -0.323 e. The Hall–Kier alpha value is -2.22. The number of benzene rings is 2. The molecule has 0 fully saturated rings. The van der Waals surface area contributed by atoms with Crippen molar-refractivity contribution >= 4 is 21.6 Å². The molecule has 6 nitrogen and oxygen atoms in total. The fraction of sp³-hybridized carbons (Fsp3) is 0.381. The maximum absolute atomic E-state index is 12.6. The van der Waals surface area contributed by atoms with Crippen molar-refractivity contribution in [2.45, 2.75) is 30.2 Å². The summed E-state index contributed by atoms with van der Waals surface area (Å²) in [6.45, 7) is 0.323. The van der Waals surface area contributed by atoms with Crippen LogP contribution in [0.25, 0.3) is 0 Å². The van der Waals surface area contributed by atoms with E-state index in [1.54, 1.807) is 12.1 Å². The highest BCUT2D eigenvalue weighted by Gasteiger charge is 2.28. The standard InChI is InChI=1S/C21H27N3O3S/c1-23(2)28(26,27)18-11-7-10-17(14-18)22-21(25)15-24(3)20-13-6-9-16-8-4-5-12-19(16)20/h4-5,7-8,10-12,14,20H,6,9,13,15H2,1-3H3,(H,22,25)/p+1/t20-/m1/s1. The van der Waals surface area contributed by atoms with Gasteiger partial charge in [0.15, 0.2) is 6.54 Å². The normalized spacial score (nSPS) is 17.8. The molecule has 2 atom stereocenters. The average Bonchev–Trinajstić information content (AvgIpc) is 2.67. The smallest absolute Gasteiger partial charge is 0.279 e. The van der Waals surface area contributed by atoms with Crippen molar-refractivity contribution in [3.63, 3.8) is 0 Å². The molecule has 1 aliphatic carbocycles. The number of rotatable bonds is 6. The Kier molecular flexibility index (Phi) is 6.17. The topological polar surface area (TPSA) is 70.9 Å². The number of hydrogen-bond donors (Lipinski definition) is 2. The van der Waals surface area contributed by atoms with Crippen molar-refractivity contribution in [1.82, 2.24) is 4.31 Å². The van der Waals surface area contributed by atoms with E-state index in [-0.39, 0.29) is 10.8 Å². The summed E-state index contributed by atoms with van der Waals surface area (Å²) in [5.74, 6) is -0.125. The molecule has 0 heterocycles. The molecule has 150 valence electrons. The van der Waals surface area contributed by atoms with Crippen LogP contribution in [0.5, 0.6) is 0 Å². The number of quaternary nitrogens is 1. The number of anilines is 1. The van der Waals surface area contributed by atoms with Crippen LogP contribution >= 0.6 is 0 Å². The third-order valence-electron chi connectivity index (χ3n) is 5.30. The van der Waals surface area contributed by atoms with Gasteiger partial charge in [-0.2, -0.15) is 0 Å². The zero-order valence-corrected chi connectivity index (χ0v) is 17.4. The first-order valence-corrected chi connectivity index (χ1v) is 11.0. The Bertz CT molecular complexity index is 957. The average molecular weight is 403 g/mol. The SMILES string of the molecule is CN(C)S(=O)(=O)c1cccc(NC(=O)C[NH+](C)[C@@H]2CCCc3ccccc32)c1. The lowest BCUT2D eigenvalue weighted by Gasteiger charge is -2.30. The zero-order chi connectivity index (χ0) is 20.3. The molecule has 3 rings (SSSR count). The predicted molar refractivity (Wildman–Crippen MR) is 110 cm³/mol. The lowest BCUT2D eigenvalue weighted by molar-refractivity contribution is -0.905. The molecule has 0 aromatic heterocycles. The van der Waals surface area contributed by atoms with Crippen LogP contribution < -0.4 is 10.2 Å². The van der Waals surface area contributed by atoms with Crippen LogP contribution in [-0.2, 0) is 21.2 Å². The van der Waals surface area contributed by atoms with E-state index in [2.05, 4.69) is 29.6 Å². The van der Waals surface area contributed by atoms with Gasteiger partial charge >= 0.3 is 0 Å². The van der Waals surface area contributed by atoms with Gasteiger partial charge < -0.3 is 10.2 Å². The minimum atomic E-state index is -3.53. The summed E-state index contributed by atoms with van der Waals surface area (Å²) in [4.78, 5) is 13.9. The molecule has 0 saturated heterocycles. The number of sulfonamides is 1. The minimum absolute atomic E-state index is 0.125. The van der Waals surface area contributed by atoms with E-state index < -0.39 is 10.0 Å². The number of likely N-dealkylation sites (N-methyl/N-ethyl adjacent to an activating group) is 1. The fourth-order valence-electron chi connectivity index (χ4n) is 3.79. The van der Waals surface area contributed by atoms with Crippen LogP contribution in [-0.4, -0.2) is 46.3 Å². The summed E-state index contributed by atoms with van der Waals surface area (Å²) in [6, 6.07) is 15.1. The molecule has 0 aliphatic heterocycles. The van der Waals surface area contributed by atoms with Gasteiger partial charge in [0.2, 0.25) is 10.0 Å². The first-order chi connectivity index (χ1) is 13.3. The molecule has 0 saturated carbocycles. The van der Waals surface area contributed by atoms with E-state index in [4.69, 9.17) is 0 Å². The molecule has 1 amide bonds. The van der Waals surface area contributed by atoms with Crippen LogP contribution in [0.15, 0.2) is 53.4 Å². The molecular weight excluding hydrogens is 374 g/mol. The summed E-state index contributed by atoms with van der Waals surface area (Å²) in [7, 11) is 1.48. The Morgan fingerprint density at radius 1 is 1.18 bits per heavy atom. The fourth-order valence-corrected chi connectivity index (χ4v) is 4.74. The number of carbonyl (C=O) groups excluding carboxylic acids is 1. The second-order valence-corrected chi connectivity index (χ2v) is 9.68. The van der Waals surface area contributed by atoms with Crippen molar-refractivity contribution < 1.29 is 18.1 Å². The highest BCUT2D eigenvalue weighted by atomic mass is 32.2. The third-order valence-corrected chi connectivity index (χ3v) is 7.11. The Labute approximate surface area is 167 Å². The van der Waals surface area contributed by atoms with Crippen molar-refractivity contribution in [3.05, 3.63) is 59.7 Å². The van der Waals surface area contributed by atoms with Crippen LogP contribution in [0.3, 0.4) is 0 Å². The van der Waals surface area contributed by atoms with E-state index in [1.165, 1.54) is 37.4 Å². The largest absolute Gasteiger partial charge is 0.323 e. The highest BCUT2D eigenvalue weighted by Crippen LogP contribution is 2.27. The van der Waals surface area contributed by atoms with Crippen LogP contribution in [0.1, 0.15) is 30.0 Å². The van der Waals surface area contributed by atoms with Gasteiger partial charge in [0.25, 0.3) is 5.91 Å². The molecule has 2 aromatic rings. The molecule has 0 bridgehead atoms. The summed E-state index contributed by atoms with van der Waals surface area (Å²) >= 11 is 0. The lowest BCUT2D eigenvalue weighted by atomic mass is 9.87. The Morgan fingerprint density at radius 2 is 1.93 bits per heavy atom. The number of nitrogens with zero attached hydrogens (tertiary/aromatic N) is 1. The van der Waals surface area contributed by atoms with E-state index in [0.717, 1.165) is 28.5 Å². The molecular formula is C21H28N3O3S+. The van der Waals surface area contributed by atoms with Crippen LogP contribution in [0.4, 0.5) is 5.69 Å². The van der Waals surface area contributed by atoms with Crippen LogP contribution in [0.2, 0.25) is 0 Å². The number of aryl methyl sites for hydroxylation is 1. The molecule has 7 heteroatoms. The molecule has 0 spiro atoms. The van der Waals surface area contributed by atoms with Gasteiger partial charge in [-0.25, -0.2) is 12.7 Å². The first kappa shape index (κ1) is 20.5. The summed E-state index contributed by atoms with van der Waals surface area (Å²) in [5, 5.41) is 2.84. The van der Waals surface area contributed by atoms with Gasteiger partial charge in [0.1, 0.15) is 6.04 Å². The quantitative estimate of drug-likeness (QED) is 0.769. The van der Waals surface area contributed by atoms with Crippen molar-refractivity contribution in [2.24, 2.45) is 0 Å². The highest BCUT2D eigenvalue weighted by molar-refractivity contribution is 7.89. The monoisotopic (exact) mass is 402 g/mol. The summed E-state index contributed by atoms with van der Waals surface area (Å²) in [6.07, 6.45) is 3.29. The molecule has 28 heavy (non-hydrogen) atoms. The van der Waals surface area contributed by atoms with Gasteiger partial charge in [0.05, 0.1) is 11.9 Å². The van der Waals surface area contributed by atoms with Gasteiger partial charge in [0, 0.05) is 31.8 Å². The van der Waals surface area contributed by atoms with Crippen molar-refractivity contribution in [2.75, 3.05) is 33.0 Å². The maximum Gasteiger partial charge on any atom is 0.279 e. The van der Waals surface area contributed by atoms with Crippen LogP contribution in [0, 0.1) is 0 Å². The van der Waals surface area contributed by atoms with Gasteiger partial charge in [-0.1, -0.05) is 30.3 Å². The van der Waals surface area contributed by atoms with Crippen molar-refractivity contribution in [1.29, 1.82) is 0 Å². The number of amides is 1. The zero-order valence-electron chi connectivity index (χ0n) is 16.6. The van der Waals surface area contributed by atoms with Gasteiger partial charge in [-0.3, -0.25) is 4.79 Å². The Balaban J connectivity index is 1.68. The molecule has 2 aromatic carbocycles. The third kappa shape index (κ3) is 4.43. The van der Waals surface area contributed by atoms with E-state index in [0.29, 0.717) is 18.3 Å². The summed E-state index contributed by atoms with van der Waals surface area (Å²) < 4.78 is 25.7. The lowest BCUT2D eigenvalue weighted by Crippen LogP contribution is -3.10. The van der Waals surface area contributed by atoms with E-state index >= 15 is 0 Å². The molecule has 1 unspecified atom stereocenters. The molecule has 0 radical (unpaired) electrons. The first-order valence-electron chi connectivity index (χ1n) is 9.51. The maximum atomic E-state index is 12.6. The number of hydrogen-bond acceptors (Lipinski definition) is 3. The van der Waals surface area contributed by atoms with Crippen molar-refractivity contribution in [3.8, 4) is 0 Å². The van der Waals surface area contributed by atoms with Gasteiger partial charge in [-0.05, 0) is 36.6 Å².